The average molecular weight is 472 g/mol. The van der Waals surface area contributed by atoms with E-state index < -0.39 is 10.8 Å². The monoisotopic (exact) mass is 471 g/mol. The standard InChI is InChI=1S/C26H25N5O4/c1-29(2)14-15-30(17-32)20-10-8-19(9-11-20)27-25(18-6-4-3-5-7-18)24-22-16-21(31(34)35)12-13-23(22)28-26(24)33/h3-13,16-17,24H,14-15H2,1-2H3,(H,28,33). The van der Waals surface area contributed by atoms with Gasteiger partial charge in [-0.05, 0) is 50.0 Å². The number of nitrogens with zero attached hydrogens (tertiary/aromatic N) is 4. The van der Waals surface area contributed by atoms with Gasteiger partial charge in [-0.3, -0.25) is 24.7 Å². The zero-order chi connectivity index (χ0) is 24.9. The van der Waals surface area contributed by atoms with Gasteiger partial charge >= 0.3 is 0 Å². The number of fused-ring (bicyclic) bond motifs is 1. The van der Waals surface area contributed by atoms with Crippen LogP contribution in [-0.4, -0.2) is 55.0 Å². The number of benzene rings is 3. The van der Waals surface area contributed by atoms with E-state index in [0.717, 1.165) is 24.2 Å². The number of aliphatic imine (C=N–C) groups is 1. The van der Waals surface area contributed by atoms with E-state index in [9.17, 15) is 19.7 Å². The smallest absolute Gasteiger partial charge is 0.269 e. The minimum absolute atomic E-state index is 0.0892. The molecule has 9 nitrogen and oxygen atoms in total. The fraction of sp³-hybridized carbons (Fsp3) is 0.192. The van der Waals surface area contributed by atoms with Crippen molar-refractivity contribution in [1.82, 2.24) is 4.90 Å². The number of nitrogens with one attached hydrogen (secondary N) is 1. The van der Waals surface area contributed by atoms with E-state index in [0.29, 0.717) is 29.2 Å². The van der Waals surface area contributed by atoms with Crippen LogP contribution in [-0.2, 0) is 9.59 Å². The van der Waals surface area contributed by atoms with Crippen molar-refractivity contribution in [1.29, 1.82) is 0 Å². The van der Waals surface area contributed by atoms with Crippen molar-refractivity contribution in [2.75, 3.05) is 37.4 Å². The molecule has 1 heterocycles. The number of nitro benzene ring substituents is 1. The summed E-state index contributed by atoms with van der Waals surface area (Å²) < 4.78 is 0. The van der Waals surface area contributed by atoms with Gasteiger partial charge in [0.05, 0.1) is 16.3 Å². The van der Waals surface area contributed by atoms with Crippen LogP contribution in [0.1, 0.15) is 17.0 Å². The molecule has 0 aliphatic carbocycles. The molecular formula is C26H25N5O4. The highest BCUT2D eigenvalue weighted by molar-refractivity contribution is 6.24. The van der Waals surface area contributed by atoms with Gasteiger partial charge in [-0.15, -0.1) is 0 Å². The molecule has 1 N–H and O–H groups in total. The zero-order valence-corrected chi connectivity index (χ0v) is 19.4. The lowest BCUT2D eigenvalue weighted by Gasteiger charge is -2.20. The van der Waals surface area contributed by atoms with Crippen molar-refractivity contribution in [2.45, 2.75) is 5.92 Å². The molecule has 0 saturated heterocycles. The Morgan fingerprint density at radius 1 is 1.06 bits per heavy atom. The molecule has 9 heteroatoms. The van der Waals surface area contributed by atoms with Gasteiger partial charge in [0.2, 0.25) is 12.3 Å². The third-order valence-corrected chi connectivity index (χ3v) is 5.77. The summed E-state index contributed by atoms with van der Waals surface area (Å²) in [5, 5.41) is 14.2. The highest BCUT2D eigenvalue weighted by atomic mass is 16.6. The third-order valence-electron chi connectivity index (χ3n) is 5.77. The first kappa shape index (κ1) is 23.8. The van der Waals surface area contributed by atoms with Crippen molar-refractivity contribution in [3.63, 3.8) is 0 Å². The van der Waals surface area contributed by atoms with Gasteiger partial charge in [0.15, 0.2) is 0 Å². The van der Waals surface area contributed by atoms with Crippen molar-refractivity contribution in [3.8, 4) is 0 Å². The van der Waals surface area contributed by atoms with Gasteiger partial charge < -0.3 is 15.1 Å². The molecule has 1 aliphatic heterocycles. The Morgan fingerprint density at radius 3 is 2.40 bits per heavy atom. The molecule has 3 aromatic carbocycles. The molecule has 0 aromatic heterocycles. The highest BCUT2D eigenvalue weighted by Gasteiger charge is 2.36. The summed E-state index contributed by atoms with van der Waals surface area (Å²) in [4.78, 5) is 43.9. The molecule has 0 fully saturated rings. The number of non-ortho nitro benzene ring substituents is 1. The zero-order valence-electron chi connectivity index (χ0n) is 19.4. The van der Waals surface area contributed by atoms with E-state index >= 15 is 0 Å². The molecular weight excluding hydrogens is 446 g/mol. The van der Waals surface area contributed by atoms with E-state index in [2.05, 4.69) is 5.32 Å². The van der Waals surface area contributed by atoms with Gasteiger partial charge in [0.1, 0.15) is 5.92 Å². The quantitative estimate of drug-likeness (QED) is 0.220. The van der Waals surface area contributed by atoms with E-state index in [-0.39, 0.29) is 11.6 Å². The summed E-state index contributed by atoms with van der Waals surface area (Å²) in [6.07, 6.45) is 0.796. The Hall–Kier alpha value is -4.37. The van der Waals surface area contributed by atoms with Crippen LogP contribution in [0.4, 0.5) is 22.7 Å². The molecule has 4 rings (SSSR count). The average Bonchev–Trinajstić information content (AvgIpc) is 3.18. The van der Waals surface area contributed by atoms with Gasteiger partial charge in [-0.2, -0.15) is 0 Å². The highest BCUT2D eigenvalue weighted by Crippen LogP contribution is 2.38. The molecule has 2 amide bonds. The van der Waals surface area contributed by atoms with Crippen LogP contribution < -0.4 is 10.2 Å². The van der Waals surface area contributed by atoms with Crippen LogP contribution in [0.25, 0.3) is 0 Å². The van der Waals surface area contributed by atoms with E-state index in [1.54, 1.807) is 35.2 Å². The second-order valence-corrected chi connectivity index (χ2v) is 8.43. The molecule has 0 radical (unpaired) electrons. The molecule has 0 saturated carbocycles. The molecule has 3 aromatic rings. The molecule has 1 aliphatic rings. The van der Waals surface area contributed by atoms with Crippen molar-refractivity contribution in [3.05, 3.63) is 94.0 Å². The fourth-order valence-electron chi connectivity index (χ4n) is 3.95. The molecule has 0 bridgehead atoms. The topological polar surface area (TPSA) is 108 Å². The number of anilines is 2. The van der Waals surface area contributed by atoms with Crippen LogP contribution in [0.3, 0.4) is 0 Å². The Kier molecular flexibility index (Phi) is 6.98. The second-order valence-electron chi connectivity index (χ2n) is 8.43. The summed E-state index contributed by atoms with van der Waals surface area (Å²) in [6.45, 7) is 1.27. The number of carbonyl (C=O) groups excluding carboxylic acids is 2. The largest absolute Gasteiger partial charge is 0.325 e. The summed E-state index contributed by atoms with van der Waals surface area (Å²) in [7, 11) is 3.88. The van der Waals surface area contributed by atoms with E-state index in [4.69, 9.17) is 4.99 Å². The number of hydrogen-bond acceptors (Lipinski definition) is 6. The molecule has 178 valence electrons. The Balaban J connectivity index is 1.74. The van der Waals surface area contributed by atoms with Crippen molar-refractivity contribution in [2.24, 2.45) is 4.99 Å². The minimum Gasteiger partial charge on any atom is -0.325 e. The lowest BCUT2D eigenvalue weighted by molar-refractivity contribution is -0.384. The van der Waals surface area contributed by atoms with Crippen LogP contribution in [0.15, 0.2) is 77.8 Å². The third kappa shape index (κ3) is 5.25. The maximum absolute atomic E-state index is 13.0. The maximum atomic E-state index is 13.0. The fourth-order valence-corrected chi connectivity index (χ4v) is 3.95. The number of nitro groups is 1. The Labute approximate surface area is 202 Å². The van der Waals surface area contributed by atoms with E-state index in [1.165, 1.54) is 12.1 Å². The Morgan fingerprint density at radius 2 is 1.77 bits per heavy atom. The van der Waals surface area contributed by atoms with Crippen LogP contribution in [0, 0.1) is 10.1 Å². The van der Waals surface area contributed by atoms with Crippen LogP contribution >= 0.6 is 0 Å². The maximum Gasteiger partial charge on any atom is 0.269 e. The predicted molar refractivity (Wildman–Crippen MR) is 136 cm³/mol. The van der Waals surface area contributed by atoms with Gasteiger partial charge in [-0.25, -0.2) is 0 Å². The summed E-state index contributed by atoms with van der Waals surface area (Å²) in [5.41, 5.74) is 3.51. The van der Waals surface area contributed by atoms with E-state index in [1.807, 2.05) is 49.3 Å². The first-order valence-corrected chi connectivity index (χ1v) is 11.1. The normalized spacial score (nSPS) is 15.0. The Bertz CT molecular complexity index is 1270. The number of likely N-dealkylation sites (N-methyl/N-ethyl adjacent to an activating group) is 1. The van der Waals surface area contributed by atoms with Gasteiger partial charge in [0, 0.05) is 42.2 Å². The number of carbonyl (C=O) groups is 2. The SMILES string of the molecule is CN(C)CCN(C=O)c1ccc(N=C(c2ccccc2)C2C(=O)Nc3ccc([N+](=O)[O-])cc32)cc1. The van der Waals surface area contributed by atoms with Gasteiger partial charge in [-0.1, -0.05) is 30.3 Å². The molecule has 0 spiro atoms. The lowest BCUT2D eigenvalue weighted by Crippen LogP contribution is -2.30. The van der Waals surface area contributed by atoms with Gasteiger partial charge in [0.25, 0.3) is 5.69 Å². The first-order valence-electron chi connectivity index (χ1n) is 11.1. The van der Waals surface area contributed by atoms with Crippen LogP contribution in [0.5, 0.6) is 0 Å². The van der Waals surface area contributed by atoms with Crippen molar-refractivity contribution >= 4 is 40.8 Å². The molecule has 1 unspecified atom stereocenters. The number of rotatable bonds is 9. The minimum atomic E-state index is -0.807. The number of hydrogen-bond donors (Lipinski definition) is 1. The summed E-state index contributed by atoms with van der Waals surface area (Å²) >= 11 is 0. The summed E-state index contributed by atoms with van der Waals surface area (Å²) in [5.74, 6) is -1.10. The number of amides is 2. The van der Waals surface area contributed by atoms with Crippen LogP contribution in [0.2, 0.25) is 0 Å². The predicted octanol–water partition coefficient (Wildman–Crippen LogP) is 3.98. The second kappa shape index (κ2) is 10.3. The summed E-state index contributed by atoms with van der Waals surface area (Å²) in [6, 6.07) is 20.8. The molecule has 35 heavy (non-hydrogen) atoms. The van der Waals surface area contributed by atoms with Crippen molar-refractivity contribution < 1.29 is 14.5 Å². The first-order chi connectivity index (χ1) is 16.9. The molecule has 1 atom stereocenters. The lowest BCUT2D eigenvalue weighted by atomic mass is 9.90.